The molecule has 0 radical (unpaired) electrons. The van der Waals surface area contributed by atoms with Gasteiger partial charge in [0, 0.05) is 18.5 Å². The van der Waals surface area contributed by atoms with Crippen molar-refractivity contribution in [3.05, 3.63) is 94.5 Å². The molecule has 6 heteroatoms. The molecule has 2 aromatic heterocycles. The summed E-state index contributed by atoms with van der Waals surface area (Å²) < 4.78 is 2.02. The number of nitrogens with zero attached hydrogens (tertiary/aromatic N) is 2. The normalized spacial score (nSPS) is 17.9. The molecule has 0 saturated carbocycles. The topological polar surface area (TPSA) is 54.3 Å². The third-order valence-corrected chi connectivity index (χ3v) is 7.51. The van der Waals surface area contributed by atoms with Crippen LogP contribution < -0.4 is 5.32 Å². The van der Waals surface area contributed by atoms with Crippen LogP contribution in [0.5, 0.6) is 0 Å². The molecule has 0 saturated heterocycles. The largest absolute Gasteiger partial charge is 0.350 e. The summed E-state index contributed by atoms with van der Waals surface area (Å²) in [7, 11) is 0. The molecule has 0 unspecified atom stereocenters. The van der Waals surface area contributed by atoms with Gasteiger partial charge in [-0.3, -0.25) is 9.59 Å². The van der Waals surface area contributed by atoms with E-state index in [1.807, 2.05) is 59.3 Å². The zero-order valence-corrected chi connectivity index (χ0v) is 19.7. The van der Waals surface area contributed by atoms with Crippen molar-refractivity contribution in [1.82, 2.24) is 14.8 Å². The molecule has 0 bridgehead atoms. The molecule has 1 atom stereocenters. The minimum atomic E-state index is -0.987. The van der Waals surface area contributed by atoms with Gasteiger partial charge in [0.1, 0.15) is 16.1 Å². The van der Waals surface area contributed by atoms with Crippen LogP contribution in [0.3, 0.4) is 0 Å². The van der Waals surface area contributed by atoms with Gasteiger partial charge in [-0.05, 0) is 48.9 Å². The van der Waals surface area contributed by atoms with Gasteiger partial charge in [0.25, 0.3) is 5.91 Å². The third kappa shape index (κ3) is 3.95. The van der Waals surface area contributed by atoms with Gasteiger partial charge >= 0.3 is 0 Å². The monoisotopic (exact) mass is 457 g/mol. The molecule has 1 aliphatic rings. The van der Waals surface area contributed by atoms with Crippen LogP contribution >= 0.6 is 11.3 Å². The van der Waals surface area contributed by atoms with E-state index >= 15 is 0 Å². The van der Waals surface area contributed by atoms with Crippen LogP contribution in [0.1, 0.15) is 34.1 Å². The quantitative estimate of drug-likeness (QED) is 0.453. The Hall–Kier alpha value is -3.38. The number of amides is 2. The van der Waals surface area contributed by atoms with E-state index in [0.717, 1.165) is 21.3 Å². The molecule has 1 N–H and O–H groups in total. The summed E-state index contributed by atoms with van der Waals surface area (Å²) >= 11 is 1.61. The van der Waals surface area contributed by atoms with Gasteiger partial charge in [-0.15, -0.1) is 11.3 Å². The van der Waals surface area contributed by atoms with E-state index in [0.29, 0.717) is 31.7 Å². The molecule has 2 amide bonds. The summed E-state index contributed by atoms with van der Waals surface area (Å²) in [4.78, 5) is 30.1. The molecule has 3 heterocycles. The maximum atomic E-state index is 13.7. The highest BCUT2D eigenvalue weighted by molar-refractivity contribution is 7.16. The van der Waals surface area contributed by atoms with Crippen molar-refractivity contribution < 1.29 is 9.59 Å². The molecule has 5 rings (SSSR count). The number of hydrogen-bond donors (Lipinski definition) is 1. The predicted octanol–water partition coefficient (Wildman–Crippen LogP) is 4.78. The minimum Gasteiger partial charge on any atom is -0.350 e. The summed E-state index contributed by atoms with van der Waals surface area (Å²) in [6, 6.07) is 22.2. The first-order valence-corrected chi connectivity index (χ1v) is 12.1. The van der Waals surface area contributed by atoms with E-state index in [-0.39, 0.29) is 11.8 Å². The Balaban J connectivity index is 1.45. The Bertz CT molecular complexity index is 1310. The minimum absolute atomic E-state index is 0.0888. The van der Waals surface area contributed by atoms with Crippen molar-refractivity contribution in [1.29, 1.82) is 0 Å². The average Bonchev–Trinajstić information content (AvgIpc) is 3.42. The third-order valence-electron chi connectivity index (χ3n) is 6.56. The molecule has 2 aromatic carbocycles. The fourth-order valence-electron chi connectivity index (χ4n) is 4.57. The van der Waals surface area contributed by atoms with E-state index < -0.39 is 5.54 Å². The summed E-state index contributed by atoms with van der Waals surface area (Å²) in [6.45, 7) is 5.30. The van der Waals surface area contributed by atoms with Crippen LogP contribution in [0, 0.1) is 6.92 Å². The van der Waals surface area contributed by atoms with Gasteiger partial charge in [-0.25, -0.2) is 0 Å². The molecule has 5 nitrogen and oxygen atoms in total. The predicted molar refractivity (Wildman–Crippen MR) is 132 cm³/mol. The first-order valence-electron chi connectivity index (χ1n) is 11.2. The molecule has 4 aromatic rings. The highest BCUT2D eigenvalue weighted by Gasteiger charge is 2.47. The number of thiophene rings is 1. The lowest BCUT2D eigenvalue weighted by Crippen LogP contribution is -2.64. The molecule has 0 aliphatic carbocycles. The van der Waals surface area contributed by atoms with Crippen LogP contribution in [0.4, 0.5) is 0 Å². The standard InChI is InChI=1S/C27H27N3O2S/c1-19-8-10-20(11-9-19)12-14-30-24(31)23-16-22-13-15-33-25(22)29(23)18-27(30,2)26(32)28-17-21-6-4-3-5-7-21/h3-11,13,15-16H,12,14,17-18H2,1-2H3,(H,28,32)/t27-/m0/s1. The first-order chi connectivity index (χ1) is 16.0. The van der Waals surface area contributed by atoms with Gasteiger partial charge in [0.15, 0.2) is 0 Å². The summed E-state index contributed by atoms with van der Waals surface area (Å²) in [5.74, 6) is -0.221. The van der Waals surface area contributed by atoms with Gasteiger partial charge in [-0.1, -0.05) is 60.2 Å². The average molecular weight is 458 g/mol. The molecule has 0 fully saturated rings. The first kappa shape index (κ1) is 21.5. The van der Waals surface area contributed by atoms with Crippen molar-refractivity contribution in [2.75, 3.05) is 6.54 Å². The molecular weight excluding hydrogens is 430 g/mol. The fraction of sp³-hybridized carbons (Fsp3) is 0.259. The van der Waals surface area contributed by atoms with Crippen molar-refractivity contribution in [2.45, 2.75) is 38.9 Å². The second-order valence-corrected chi connectivity index (χ2v) is 9.83. The highest BCUT2D eigenvalue weighted by atomic mass is 32.1. The summed E-state index contributed by atoms with van der Waals surface area (Å²) in [5, 5.41) is 6.17. The van der Waals surface area contributed by atoms with Crippen molar-refractivity contribution >= 4 is 33.4 Å². The lowest BCUT2D eigenvalue weighted by Gasteiger charge is -2.44. The number of nitrogens with one attached hydrogen (secondary N) is 1. The van der Waals surface area contributed by atoms with E-state index in [1.54, 1.807) is 16.2 Å². The zero-order valence-electron chi connectivity index (χ0n) is 18.9. The second kappa shape index (κ2) is 8.52. The Morgan fingerprint density at radius 3 is 2.58 bits per heavy atom. The maximum absolute atomic E-state index is 13.7. The number of benzene rings is 2. The van der Waals surface area contributed by atoms with Gasteiger partial charge in [-0.2, -0.15) is 0 Å². The molecule has 0 spiro atoms. The lowest BCUT2D eigenvalue weighted by molar-refractivity contribution is -0.133. The second-order valence-electron chi connectivity index (χ2n) is 8.93. The Kier molecular flexibility index (Phi) is 5.54. The van der Waals surface area contributed by atoms with Crippen molar-refractivity contribution in [3.8, 4) is 0 Å². The van der Waals surface area contributed by atoms with Crippen LogP contribution in [0.15, 0.2) is 72.1 Å². The van der Waals surface area contributed by atoms with Gasteiger partial charge in [0.2, 0.25) is 5.91 Å². The summed E-state index contributed by atoms with van der Waals surface area (Å²) in [6.07, 6.45) is 0.697. The van der Waals surface area contributed by atoms with E-state index in [1.165, 1.54) is 5.56 Å². The Morgan fingerprint density at radius 2 is 1.82 bits per heavy atom. The number of aromatic nitrogens is 1. The van der Waals surface area contributed by atoms with E-state index in [9.17, 15) is 9.59 Å². The van der Waals surface area contributed by atoms with E-state index in [4.69, 9.17) is 0 Å². The number of aryl methyl sites for hydroxylation is 1. The van der Waals surface area contributed by atoms with E-state index in [2.05, 4.69) is 36.5 Å². The fourth-order valence-corrected chi connectivity index (χ4v) is 5.47. The van der Waals surface area contributed by atoms with Crippen LogP contribution in [-0.2, 0) is 24.3 Å². The molecule has 33 heavy (non-hydrogen) atoms. The number of rotatable bonds is 6. The Labute approximate surface area is 197 Å². The lowest BCUT2D eigenvalue weighted by atomic mass is 9.93. The van der Waals surface area contributed by atoms with Crippen molar-refractivity contribution in [3.63, 3.8) is 0 Å². The smallest absolute Gasteiger partial charge is 0.271 e. The van der Waals surface area contributed by atoms with Crippen LogP contribution in [0.25, 0.3) is 10.2 Å². The molecule has 168 valence electrons. The Morgan fingerprint density at radius 1 is 1.06 bits per heavy atom. The molecular formula is C27H27N3O2S. The van der Waals surface area contributed by atoms with Gasteiger partial charge in [0.05, 0.1) is 6.54 Å². The summed E-state index contributed by atoms with van der Waals surface area (Å²) in [5.41, 5.74) is 3.07. The number of hydrogen-bond acceptors (Lipinski definition) is 3. The van der Waals surface area contributed by atoms with Crippen molar-refractivity contribution in [2.24, 2.45) is 0 Å². The van der Waals surface area contributed by atoms with Crippen LogP contribution in [-0.4, -0.2) is 33.4 Å². The number of carbonyl (C=O) groups is 2. The van der Waals surface area contributed by atoms with Crippen LogP contribution in [0.2, 0.25) is 0 Å². The van der Waals surface area contributed by atoms with Gasteiger partial charge < -0.3 is 14.8 Å². The SMILES string of the molecule is Cc1ccc(CCN2C(=O)c3cc4ccsc4n3C[C@@]2(C)C(=O)NCc2ccccc2)cc1. The maximum Gasteiger partial charge on any atom is 0.271 e. The highest BCUT2D eigenvalue weighted by Crippen LogP contribution is 2.34. The number of carbonyl (C=O) groups excluding carboxylic acids is 2. The number of fused-ring (bicyclic) bond motifs is 3. The zero-order chi connectivity index (χ0) is 23.0. The molecule has 1 aliphatic heterocycles.